The first kappa shape index (κ1) is 17.6. The summed E-state index contributed by atoms with van der Waals surface area (Å²) < 4.78 is 5.42. The summed E-state index contributed by atoms with van der Waals surface area (Å²) in [7, 11) is 0. The van der Waals surface area contributed by atoms with E-state index in [0.717, 1.165) is 5.56 Å². The molecular formula is C18H17ClN2O3. The number of nitrogens with one attached hydrogen (secondary N) is 2. The van der Waals surface area contributed by atoms with Crippen molar-refractivity contribution in [2.45, 2.75) is 6.42 Å². The molecule has 0 aliphatic rings. The molecule has 6 heteroatoms. The number of carbonyl (C=O) groups is 2. The Morgan fingerprint density at radius 2 is 1.79 bits per heavy atom. The molecule has 0 aliphatic heterocycles. The molecule has 2 aromatic carbocycles. The maximum Gasteiger partial charge on any atom is 0.273 e. The molecule has 0 bridgehead atoms. The number of ether oxygens (including phenoxy) is 1. The maximum atomic E-state index is 12.2. The van der Waals surface area contributed by atoms with Crippen LogP contribution in [0.1, 0.15) is 15.9 Å². The zero-order chi connectivity index (χ0) is 17.4. The molecule has 2 amide bonds. The maximum absolute atomic E-state index is 12.2. The number of halogens is 1. The lowest BCUT2D eigenvalue weighted by atomic mass is 10.1. The SMILES string of the molecule is C=CCOc1ccccc1C(=O)NNC(=O)Cc1ccc(Cl)cc1. The van der Waals surface area contributed by atoms with E-state index < -0.39 is 5.91 Å². The number of hydrazine groups is 1. The third kappa shape index (κ3) is 5.14. The summed E-state index contributed by atoms with van der Waals surface area (Å²) in [5, 5.41) is 0.601. The number of carbonyl (C=O) groups excluding carboxylic acids is 2. The second kappa shape index (κ2) is 8.74. The van der Waals surface area contributed by atoms with E-state index in [0.29, 0.717) is 16.3 Å². The molecule has 0 spiro atoms. The summed E-state index contributed by atoms with van der Waals surface area (Å²) >= 11 is 5.79. The molecule has 0 unspecified atom stereocenters. The summed E-state index contributed by atoms with van der Waals surface area (Å²) in [6.45, 7) is 3.85. The van der Waals surface area contributed by atoms with Crippen LogP contribution >= 0.6 is 11.6 Å². The Morgan fingerprint density at radius 1 is 1.08 bits per heavy atom. The Labute approximate surface area is 145 Å². The molecular weight excluding hydrogens is 328 g/mol. The van der Waals surface area contributed by atoms with Crippen molar-refractivity contribution in [1.29, 1.82) is 0 Å². The van der Waals surface area contributed by atoms with Gasteiger partial charge in [-0.3, -0.25) is 20.4 Å². The molecule has 0 radical (unpaired) electrons. The van der Waals surface area contributed by atoms with Gasteiger partial charge >= 0.3 is 0 Å². The first-order valence-electron chi connectivity index (χ1n) is 7.26. The predicted octanol–water partition coefficient (Wildman–Crippen LogP) is 2.91. The van der Waals surface area contributed by atoms with Crippen LogP contribution in [0.3, 0.4) is 0 Å². The minimum absolute atomic E-state index is 0.131. The van der Waals surface area contributed by atoms with Crippen molar-refractivity contribution < 1.29 is 14.3 Å². The van der Waals surface area contributed by atoms with E-state index in [-0.39, 0.29) is 18.9 Å². The van der Waals surface area contributed by atoms with Crippen molar-refractivity contribution in [3.63, 3.8) is 0 Å². The molecule has 0 atom stereocenters. The second-order valence-electron chi connectivity index (χ2n) is 4.90. The van der Waals surface area contributed by atoms with Gasteiger partial charge in [0.15, 0.2) is 0 Å². The first-order valence-corrected chi connectivity index (χ1v) is 7.64. The van der Waals surface area contributed by atoms with Crippen molar-refractivity contribution >= 4 is 23.4 Å². The molecule has 0 heterocycles. The van der Waals surface area contributed by atoms with Gasteiger partial charge in [0.1, 0.15) is 12.4 Å². The third-order valence-corrected chi connectivity index (χ3v) is 3.33. The van der Waals surface area contributed by atoms with Crippen LogP contribution < -0.4 is 15.6 Å². The lowest BCUT2D eigenvalue weighted by molar-refractivity contribution is -0.121. The van der Waals surface area contributed by atoms with E-state index >= 15 is 0 Å². The molecule has 2 N–H and O–H groups in total. The summed E-state index contributed by atoms with van der Waals surface area (Å²) in [5.41, 5.74) is 5.87. The zero-order valence-corrected chi connectivity index (χ0v) is 13.7. The molecule has 0 saturated heterocycles. The molecule has 0 fully saturated rings. The minimum atomic E-state index is -0.459. The highest BCUT2D eigenvalue weighted by Crippen LogP contribution is 2.17. The number of para-hydroxylation sites is 1. The summed E-state index contributed by atoms with van der Waals surface area (Å²) in [5.74, 6) is -0.379. The molecule has 0 aliphatic carbocycles. The average molecular weight is 345 g/mol. The van der Waals surface area contributed by atoms with Crippen LogP contribution in [0, 0.1) is 0 Å². The van der Waals surface area contributed by atoms with E-state index in [9.17, 15) is 9.59 Å². The topological polar surface area (TPSA) is 67.4 Å². The van der Waals surface area contributed by atoms with Crippen LogP contribution in [0.15, 0.2) is 61.2 Å². The van der Waals surface area contributed by atoms with Crippen LogP contribution in [0.2, 0.25) is 5.02 Å². The Hall–Kier alpha value is -2.79. The second-order valence-corrected chi connectivity index (χ2v) is 5.34. The highest BCUT2D eigenvalue weighted by atomic mass is 35.5. The summed E-state index contributed by atoms with van der Waals surface area (Å²) in [4.78, 5) is 24.1. The van der Waals surface area contributed by atoms with E-state index in [2.05, 4.69) is 17.4 Å². The summed E-state index contributed by atoms with van der Waals surface area (Å²) in [6, 6.07) is 13.7. The number of benzene rings is 2. The van der Waals surface area contributed by atoms with Gasteiger partial charge in [-0.2, -0.15) is 0 Å². The van der Waals surface area contributed by atoms with Crippen LogP contribution in [-0.2, 0) is 11.2 Å². The van der Waals surface area contributed by atoms with Gasteiger partial charge in [-0.15, -0.1) is 0 Å². The van der Waals surface area contributed by atoms with Crippen molar-refractivity contribution in [3.8, 4) is 5.75 Å². The van der Waals surface area contributed by atoms with Gasteiger partial charge in [-0.1, -0.05) is 48.5 Å². The number of amides is 2. The van der Waals surface area contributed by atoms with E-state index in [4.69, 9.17) is 16.3 Å². The Morgan fingerprint density at radius 3 is 2.50 bits per heavy atom. The lowest BCUT2D eigenvalue weighted by Gasteiger charge is -2.11. The third-order valence-electron chi connectivity index (χ3n) is 3.08. The average Bonchev–Trinajstić information content (AvgIpc) is 2.60. The van der Waals surface area contributed by atoms with Crippen molar-refractivity contribution in [1.82, 2.24) is 10.9 Å². The van der Waals surface area contributed by atoms with E-state index in [1.165, 1.54) is 0 Å². The van der Waals surface area contributed by atoms with Crippen LogP contribution in [0.5, 0.6) is 5.75 Å². The van der Waals surface area contributed by atoms with E-state index in [1.807, 2.05) is 0 Å². The van der Waals surface area contributed by atoms with Gasteiger partial charge in [0.2, 0.25) is 5.91 Å². The van der Waals surface area contributed by atoms with Crippen LogP contribution in [0.4, 0.5) is 0 Å². The fourth-order valence-electron chi connectivity index (χ4n) is 1.95. The number of rotatable bonds is 6. The van der Waals surface area contributed by atoms with Gasteiger partial charge < -0.3 is 4.74 Å². The fourth-order valence-corrected chi connectivity index (χ4v) is 2.08. The molecule has 0 aromatic heterocycles. The van der Waals surface area contributed by atoms with Gasteiger partial charge in [-0.25, -0.2) is 0 Å². The smallest absolute Gasteiger partial charge is 0.273 e. The first-order chi connectivity index (χ1) is 11.6. The lowest BCUT2D eigenvalue weighted by Crippen LogP contribution is -2.42. The van der Waals surface area contributed by atoms with Gasteiger partial charge in [-0.05, 0) is 29.8 Å². The quantitative estimate of drug-likeness (QED) is 0.625. The Kier molecular flexibility index (Phi) is 6.40. The molecule has 2 aromatic rings. The number of hydrogen-bond donors (Lipinski definition) is 2. The van der Waals surface area contributed by atoms with Gasteiger partial charge in [0.05, 0.1) is 12.0 Å². The molecule has 0 saturated carbocycles. The van der Waals surface area contributed by atoms with Crippen molar-refractivity contribution in [2.24, 2.45) is 0 Å². The van der Waals surface area contributed by atoms with Gasteiger partial charge in [0.25, 0.3) is 5.91 Å². The van der Waals surface area contributed by atoms with Crippen molar-refractivity contribution in [2.75, 3.05) is 6.61 Å². The minimum Gasteiger partial charge on any atom is -0.489 e. The summed E-state index contributed by atoms with van der Waals surface area (Å²) in [6.07, 6.45) is 1.72. The predicted molar refractivity (Wildman–Crippen MR) is 92.9 cm³/mol. The Balaban J connectivity index is 1.91. The highest BCUT2D eigenvalue weighted by Gasteiger charge is 2.12. The Bertz CT molecular complexity index is 729. The zero-order valence-electron chi connectivity index (χ0n) is 12.9. The molecule has 2 rings (SSSR count). The van der Waals surface area contributed by atoms with Crippen molar-refractivity contribution in [3.05, 3.63) is 77.3 Å². The standard InChI is InChI=1S/C18H17ClN2O3/c1-2-11-24-16-6-4-3-5-15(16)18(23)21-20-17(22)12-13-7-9-14(19)10-8-13/h2-10H,1,11-12H2,(H,20,22)(H,21,23). The number of hydrogen-bond acceptors (Lipinski definition) is 3. The van der Waals surface area contributed by atoms with E-state index in [1.54, 1.807) is 54.6 Å². The molecule has 24 heavy (non-hydrogen) atoms. The van der Waals surface area contributed by atoms with Gasteiger partial charge in [0, 0.05) is 5.02 Å². The normalized spacial score (nSPS) is 9.88. The monoisotopic (exact) mass is 344 g/mol. The van der Waals surface area contributed by atoms with Crippen LogP contribution in [-0.4, -0.2) is 18.4 Å². The van der Waals surface area contributed by atoms with Crippen LogP contribution in [0.25, 0.3) is 0 Å². The molecule has 124 valence electrons. The highest BCUT2D eigenvalue weighted by molar-refractivity contribution is 6.30. The fraction of sp³-hybridized carbons (Fsp3) is 0.111. The largest absolute Gasteiger partial charge is 0.489 e. The molecule has 5 nitrogen and oxygen atoms in total.